The fourth-order valence-electron chi connectivity index (χ4n) is 1.59. The van der Waals surface area contributed by atoms with Gasteiger partial charge in [-0.15, -0.1) is 11.3 Å². The normalized spacial score (nSPS) is 10.3. The lowest BCUT2D eigenvalue weighted by molar-refractivity contribution is 0.620. The van der Waals surface area contributed by atoms with Gasteiger partial charge in [-0.25, -0.2) is 9.37 Å². The number of rotatable bonds is 4. The first-order chi connectivity index (χ1) is 8.69. The Labute approximate surface area is 109 Å². The lowest BCUT2D eigenvalue weighted by Crippen LogP contribution is -2.13. The van der Waals surface area contributed by atoms with Crippen molar-refractivity contribution in [2.45, 2.75) is 20.0 Å². The van der Waals surface area contributed by atoms with E-state index >= 15 is 0 Å². The van der Waals surface area contributed by atoms with Gasteiger partial charge in [-0.1, -0.05) is 6.07 Å². The third-order valence-electron chi connectivity index (χ3n) is 2.45. The minimum atomic E-state index is -0.476. The zero-order valence-electron chi connectivity index (χ0n) is 9.90. The van der Waals surface area contributed by atoms with Crippen molar-refractivity contribution in [2.75, 3.05) is 0 Å². The molecule has 0 atom stereocenters. The van der Waals surface area contributed by atoms with Crippen LogP contribution in [0.25, 0.3) is 0 Å². The van der Waals surface area contributed by atoms with Crippen molar-refractivity contribution in [3.8, 4) is 6.07 Å². The molecule has 2 rings (SSSR count). The summed E-state index contributed by atoms with van der Waals surface area (Å²) >= 11 is 1.61. The summed E-state index contributed by atoms with van der Waals surface area (Å²) in [6.45, 7) is 3.22. The highest BCUT2D eigenvalue weighted by Gasteiger charge is 2.03. The molecule has 3 nitrogen and oxygen atoms in total. The smallest absolute Gasteiger partial charge is 0.140 e. The maximum absolute atomic E-state index is 13.1. The Morgan fingerprint density at radius 3 is 2.94 bits per heavy atom. The van der Waals surface area contributed by atoms with Crippen LogP contribution in [0, 0.1) is 24.1 Å². The molecule has 1 N–H and O–H groups in total. The molecule has 18 heavy (non-hydrogen) atoms. The first-order valence-corrected chi connectivity index (χ1v) is 6.37. The molecule has 1 aromatic heterocycles. The molecular formula is C13H12FN3S. The fourth-order valence-corrected chi connectivity index (χ4v) is 2.20. The predicted octanol–water partition coefficient (Wildman–Crippen LogP) is 2.75. The van der Waals surface area contributed by atoms with Crippen LogP contribution in [0.15, 0.2) is 23.6 Å². The summed E-state index contributed by atoms with van der Waals surface area (Å²) in [5.74, 6) is -0.476. The van der Waals surface area contributed by atoms with E-state index < -0.39 is 5.82 Å². The Balaban J connectivity index is 1.93. The van der Waals surface area contributed by atoms with E-state index in [1.165, 1.54) is 6.07 Å². The van der Waals surface area contributed by atoms with Gasteiger partial charge in [-0.3, -0.25) is 0 Å². The molecule has 1 aromatic carbocycles. The van der Waals surface area contributed by atoms with E-state index in [1.54, 1.807) is 23.5 Å². The molecule has 0 saturated carbocycles. The summed E-state index contributed by atoms with van der Waals surface area (Å²) in [4.78, 5) is 4.33. The third-order valence-corrected chi connectivity index (χ3v) is 3.28. The van der Waals surface area contributed by atoms with Crippen LogP contribution in [0.3, 0.4) is 0 Å². The van der Waals surface area contributed by atoms with Gasteiger partial charge in [0.2, 0.25) is 0 Å². The van der Waals surface area contributed by atoms with Crippen molar-refractivity contribution in [1.29, 1.82) is 5.26 Å². The van der Waals surface area contributed by atoms with Crippen LogP contribution in [0.4, 0.5) is 4.39 Å². The van der Waals surface area contributed by atoms with Gasteiger partial charge >= 0.3 is 0 Å². The molecule has 2 aromatic rings. The first-order valence-electron chi connectivity index (χ1n) is 5.49. The van der Waals surface area contributed by atoms with Crippen LogP contribution in [0.5, 0.6) is 0 Å². The highest BCUT2D eigenvalue weighted by Crippen LogP contribution is 2.10. The van der Waals surface area contributed by atoms with E-state index in [-0.39, 0.29) is 5.56 Å². The number of nitriles is 1. The molecule has 0 aliphatic rings. The number of hydrogen-bond donors (Lipinski definition) is 1. The van der Waals surface area contributed by atoms with E-state index in [2.05, 4.69) is 10.3 Å². The van der Waals surface area contributed by atoms with Gasteiger partial charge in [-0.2, -0.15) is 5.26 Å². The molecule has 5 heteroatoms. The Kier molecular flexibility index (Phi) is 4.03. The monoisotopic (exact) mass is 261 g/mol. The van der Waals surface area contributed by atoms with Crippen LogP contribution in [-0.2, 0) is 13.1 Å². The quantitative estimate of drug-likeness (QED) is 0.920. The summed E-state index contributed by atoms with van der Waals surface area (Å²) < 4.78 is 13.1. The average molecular weight is 261 g/mol. The SMILES string of the molecule is Cc1nc(CNCc2ccc(F)c(C#N)c2)cs1. The molecule has 0 spiro atoms. The van der Waals surface area contributed by atoms with E-state index in [1.807, 2.05) is 18.4 Å². The number of halogens is 1. The maximum atomic E-state index is 13.1. The number of benzene rings is 1. The van der Waals surface area contributed by atoms with Gasteiger partial charge in [0.05, 0.1) is 16.3 Å². The number of nitrogens with one attached hydrogen (secondary N) is 1. The van der Waals surface area contributed by atoms with Gasteiger partial charge in [0.25, 0.3) is 0 Å². The second-order valence-electron chi connectivity index (χ2n) is 3.89. The highest BCUT2D eigenvalue weighted by molar-refractivity contribution is 7.09. The maximum Gasteiger partial charge on any atom is 0.140 e. The first kappa shape index (κ1) is 12.7. The zero-order chi connectivity index (χ0) is 13.0. The Morgan fingerprint density at radius 1 is 1.44 bits per heavy atom. The van der Waals surface area contributed by atoms with Gasteiger partial charge in [-0.05, 0) is 24.6 Å². The molecule has 0 radical (unpaired) electrons. The molecule has 0 aliphatic carbocycles. The summed E-state index contributed by atoms with van der Waals surface area (Å²) in [5.41, 5.74) is 1.97. The number of hydrogen-bond acceptors (Lipinski definition) is 4. The topological polar surface area (TPSA) is 48.7 Å². The van der Waals surface area contributed by atoms with Crippen molar-refractivity contribution in [1.82, 2.24) is 10.3 Å². The molecule has 92 valence electrons. The Morgan fingerprint density at radius 2 is 2.28 bits per heavy atom. The van der Waals surface area contributed by atoms with E-state index in [9.17, 15) is 4.39 Å². The largest absolute Gasteiger partial charge is 0.307 e. The molecule has 0 unspecified atom stereocenters. The van der Waals surface area contributed by atoms with Crippen molar-refractivity contribution in [2.24, 2.45) is 0 Å². The number of nitrogens with zero attached hydrogens (tertiary/aromatic N) is 2. The van der Waals surface area contributed by atoms with Crippen molar-refractivity contribution in [3.05, 3.63) is 51.2 Å². The third kappa shape index (κ3) is 3.13. The van der Waals surface area contributed by atoms with Crippen LogP contribution < -0.4 is 5.32 Å². The van der Waals surface area contributed by atoms with Crippen molar-refractivity contribution < 1.29 is 4.39 Å². The molecular weight excluding hydrogens is 249 g/mol. The van der Waals surface area contributed by atoms with Gasteiger partial charge in [0.1, 0.15) is 11.9 Å². The van der Waals surface area contributed by atoms with Crippen LogP contribution in [-0.4, -0.2) is 4.98 Å². The minimum absolute atomic E-state index is 0.0822. The summed E-state index contributed by atoms with van der Waals surface area (Å²) in [5, 5.41) is 15.0. The standard InChI is InChI=1S/C13H12FN3S/c1-9-17-12(8-18-9)7-16-6-10-2-3-13(14)11(4-10)5-15/h2-4,8,16H,6-7H2,1H3. The van der Waals surface area contributed by atoms with Crippen molar-refractivity contribution in [3.63, 3.8) is 0 Å². The van der Waals surface area contributed by atoms with Crippen molar-refractivity contribution >= 4 is 11.3 Å². The summed E-state index contributed by atoms with van der Waals surface area (Å²) in [6, 6.07) is 6.40. The molecule has 0 amide bonds. The second kappa shape index (κ2) is 5.71. The second-order valence-corrected chi connectivity index (χ2v) is 4.95. The number of aryl methyl sites for hydroxylation is 1. The van der Waals surface area contributed by atoms with Gasteiger partial charge in [0, 0.05) is 18.5 Å². The molecule has 1 heterocycles. The van der Waals surface area contributed by atoms with Crippen LogP contribution in [0.2, 0.25) is 0 Å². The van der Waals surface area contributed by atoms with E-state index in [0.717, 1.165) is 16.3 Å². The minimum Gasteiger partial charge on any atom is -0.307 e. The fraction of sp³-hybridized carbons (Fsp3) is 0.231. The molecule has 0 saturated heterocycles. The Bertz CT molecular complexity index is 586. The molecule has 0 bridgehead atoms. The Hall–Kier alpha value is -1.77. The van der Waals surface area contributed by atoms with E-state index in [0.29, 0.717) is 13.1 Å². The van der Waals surface area contributed by atoms with E-state index in [4.69, 9.17) is 5.26 Å². The zero-order valence-corrected chi connectivity index (χ0v) is 10.7. The van der Waals surface area contributed by atoms with Crippen LogP contribution >= 0.6 is 11.3 Å². The predicted molar refractivity (Wildman–Crippen MR) is 68.5 cm³/mol. The molecule has 0 fully saturated rings. The van der Waals surface area contributed by atoms with Gasteiger partial charge in [0.15, 0.2) is 0 Å². The van der Waals surface area contributed by atoms with Gasteiger partial charge < -0.3 is 5.32 Å². The number of aromatic nitrogens is 1. The highest BCUT2D eigenvalue weighted by atomic mass is 32.1. The number of thiazole rings is 1. The lowest BCUT2D eigenvalue weighted by atomic mass is 10.1. The lowest BCUT2D eigenvalue weighted by Gasteiger charge is -2.04. The average Bonchev–Trinajstić information content (AvgIpc) is 2.77. The molecule has 0 aliphatic heterocycles. The van der Waals surface area contributed by atoms with Crippen LogP contribution in [0.1, 0.15) is 21.8 Å². The summed E-state index contributed by atoms with van der Waals surface area (Å²) in [6.07, 6.45) is 0. The summed E-state index contributed by atoms with van der Waals surface area (Å²) in [7, 11) is 0.